The van der Waals surface area contributed by atoms with Crippen molar-refractivity contribution in [1.29, 1.82) is 0 Å². The summed E-state index contributed by atoms with van der Waals surface area (Å²) in [6, 6.07) is 22.2. The van der Waals surface area contributed by atoms with Crippen LogP contribution in [0.2, 0.25) is 0 Å². The number of nitro benzene ring substituents is 1. The van der Waals surface area contributed by atoms with Crippen LogP contribution in [0.3, 0.4) is 0 Å². The molecule has 1 saturated carbocycles. The number of Topliss-reactive ketones (excluding diaryl/α,β-unsaturated/α-hetero) is 3. The van der Waals surface area contributed by atoms with Gasteiger partial charge in [0.2, 0.25) is 0 Å². The van der Waals surface area contributed by atoms with E-state index in [0.29, 0.717) is 11.1 Å². The number of carbonyl (C=O) groups is 3. The van der Waals surface area contributed by atoms with Gasteiger partial charge in [0.05, 0.1) is 22.4 Å². The molecule has 0 aromatic heterocycles. The van der Waals surface area contributed by atoms with Crippen molar-refractivity contribution >= 4 is 23.0 Å². The molecular formula is C27H23NO6. The van der Waals surface area contributed by atoms with E-state index in [-0.39, 0.29) is 17.7 Å². The van der Waals surface area contributed by atoms with Crippen LogP contribution in [0.5, 0.6) is 0 Å². The van der Waals surface area contributed by atoms with E-state index in [0.717, 1.165) is 0 Å². The monoisotopic (exact) mass is 457 g/mol. The van der Waals surface area contributed by atoms with Crippen molar-refractivity contribution < 1.29 is 24.4 Å². The molecule has 1 N–H and O–H groups in total. The van der Waals surface area contributed by atoms with Crippen LogP contribution in [-0.4, -0.2) is 33.0 Å². The summed E-state index contributed by atoms with van der Waals surface area (Å²) in [5, 5.41) is 22.8. The minimum absolute atomic E-state index is 0.230. The number of hydrogen-bond acceptors (Lipinski definition) is 6. The third-order valence-electron chi connectivity index (χ3n) is 6.41. The Hall–Kier alpha value is -3.97. The molecule has 7 heteroatoms. The lowest BCUT2D eigenvalue weighted by atomic mass is 9.58. The normalized spacial score (nSPS) is 24.4. The number of hydrogen-bond donors (Lipinski definition) is 1. The molecule has 1 fully saturated rings. The molecule has 34 heavy (non-hydrogen) atoms. The fourth-order valence-electron chi connectivity index (χ4n) is 4.90. The van der Waals surface area contributed by atoms with Crippen LogP contribution >= 0.6 is 0 Å². The van der Waals surface area contributed by atoms with Gasteiger partial charge < -0.3 is 5.11 Å². The molecule has 0 radical (unpaired) electrons. The molecule has 0 unspecified atom stereocenters. The van der Waals surface area contributed by atoms with Crippen LogP contribution in [0.15, 0.2) is 84.9 Å². The van der Waals surface area contributed by atoms with E-state index in [2.05, 4.69) is 0 Å². The molecule has 4 rings (SSSR count). The maximum Gasteiger partial charge on any atom is 0.269 e. The molecule has 1 aliphatic rings. The van der Waals surface area contributed by atoms with Crippen molar-refractivity contribution in [2.45, 2.75) is 24.9 Å². The van der Waals surface area contributed by atoms with Crippen LogP contribution in [0.25, 0.3) is 0 Å². The van der Waals surface area contributed by atoms with Crippen LogP contribution < -0.4 is 0 Å². The van der Waals surface area contributed by atoms with Crippen LogP contribution in [-0.2, 0) is 4.79 Å². The van der Waals surface area contributed by atoms with Crippen LogP contribution in [0.1, 0.15) is 45.5 Å². The van der Waals surface area contributed by atoms with Gasteiger partial charge in [0.1, 0.15) is 5.78 Å². The number of rotatable bonds is 6. The highest BCUT2D eigenvalue weighted by atomic mass is 16.6. The highest BCUT2D eigenvalue weighted by Crippen LogP contribution is 2.48. The second-order valence-corrected chi connectivity index (χ2v) is 8.79. The SMILES string of the molecule is C[C@]1(O)CC(=O)[C@H](C(=O)c2ccccc2)[C@@H](c2cccc([N+](=O)[O-])c2)[C@H]1C(=O)c1ccccc1. The van der Waals surface area contributed by atoms with Crippen molar-refractivity contribution in [1.82, 2.24) is 0 Å². The van der Waals surface area contributed by atoms with Gasteiger partial charge >= 0.3 is 0 Å². The van der Waals surface area contributed by atoms with E-state index in [4.69, 9.17) is 0 Å². The topological polar surface area (TPSA) is 115 Å². The summed E-state index contributed by atoms with van der Waals surface area (Å²) < 4.78 is 0. The molecule has 0 amide bonds. The Morgan fingerprint density at radius 3 is 2.03 bits per heavy atom. The van der Waals surface area contributed by atoms with Gasteiger partial charge in [-0.2, -0.15) is 0 Å². The molecule has 0 saturated heterocycles. The lowest BCUT2D eigenvalue weighted by Crippen LogP contribution is -2.54. The molecule has 3 aromatic rings. The Balaban J connectivity index is 1.92. The minimum Gasteiger partial charge on any atom is -0.389 e. The summed E-state index contributed by atoms with van der Waals surface area (Å²) in [6.07, 6.45) is -0.384. The van der Waals surface area contributed by atoms with Gasteiger partial charge in [0.25, 0.3) is 5.69 Å². The standard InChI is InChI=1S/C27H23NO6/c1-27(32)16-21(29)23(25(30)17-9-4-2-5-10-17)22(19-13-8-14-20(15-19)28(33)34)24(27)26(31)18-11-6-3-7-12-18/h2-15,22-24,32H,16H2,1H3/t22-,23+,24+,27+/m1/s1. The Labute approximate surface area is 196 Å². The maximum absolute atomic E-state index is 13.7. The fourth-order valence-corrected chi connectivity index (χ4v) is 4.90. The van der Waals surface area contributed by atoms with Gasteiger partial charge in [-0.05, 0) is 12.5 Å². The number of nitro groups is 1. The zero-order valence-corrected chi connectivity index (χ0v) is 18.5. The molecular weight excluding hydrogens is 434 g/mol. The first-order valence-electron chi connectivity index (χ1n) is 10.9. The number of carbonyl (C=O) groups excluding carboxylic acids is 3. The van der Waals surface area contributed by atoms with Gasteiger partial charge in [-0.25, -0.2) is 0 Å². The van der Waals surface area contributed by atoms with E-state index < -0.39 is 45.6 Å². The fraction of sp³-hybridized carbons (Fsp3) is 0.222. The predicted octanol–water partition coefficient (Wildman–Crippen LogP) is 4.40. The predicted molar refractivity (Wildman–Crippen MR) is 125 cm³/mol. The van der Waals surface area contributed by atoms with Crippen LogP contribution in [0.4, 0.5) is 5.69 Å². The van der Waals surface area contributed by atoms with Gasteiger partial charge in [-0.3, -0.25) is 24.5 Å². The number of ketones is 3. The smallest absolute Gasteiger partial charge is 0.269 e. The second-order valence-electron chi connectivity index (χ2n) is 8.79. The van der Waals surface area contributed by atoms with Gasteiger partial charge in [-0.15, -0.1) is 0 Å². The van der Waals surface area contributed by atoms with Crippen molar-refractivity contribution in [2.75, 3.05) is 0 Å². The van der Waals surface area contributed by atoms with Crippen LogP contribution in [0, 0.1) is 22.0 Å². The molecule has 7 nitrogen and oxygen atoms in total. The molecule has 0 heterocycles. The lowest BCUT2D eigenvalue weighted by molar-refractivity contribution is -0.385. The summed E-state index contributed by atoms with van der Waals surface area (Å²) in [5.41, 5.74) is -1.09. The molecule has 1 aliphatic carbocycles. The third-order valence-corrected chi connectivity index (χ3v) is 6.41. The highest BCUT2D eigenvalue weighted by molar-refractivity contribution is 6.13. The van der Waals surface area contributed by atoms with Gasteiger partial charge in [-0.1, -0.05) is 72.8 Å². The van der Waals surface area contributed by atoms with E-state index >= 15 is 0 Å². The molecule has 172 valence electrons. The first kappa shape index (κ1) is 23.2. The number of nitrogens with zero attached hydrogens (tertiary/aromatic N) is 1. The number of non-ortho nitro benzene ring substituents is 1. The Kier molecular flexibility index (Phi) is 6.22. The first-order valence-corrected chi connectivity index (χ1v) is 10.9. The summed E-state index contributed by atoms with van der Waals surface area (Å²) in [6.45, 7) is 1.41. The zero-order chi connectivity index (χ0) is 24.5. The van der Waals surface area contributed by atoms with Crippen molar-refractivity contribution in [2.24, 2.45) is 11.8 Å². The molecule has 4 atom stereocenters. The number of benzene rings is 3. The summed E-state index contributed by atoms with van der Waals surface area (Å²) in [4.78, 5) is 51.5. The molecule has 0 spiro atoms. The van der Waals surface area contributed by atoms with Crippen molar-refractivity contribution in [3.63, 3.8) is 0 Å². The average Bonchev–Trinajstić information content (AvgIpc) is 2.83. The minimum atomic E-state index is -1.76. The van der Waals surface area contributed by atoms with Crippen molar-refractivity contribution in [3.05, 3.63) is 112 Å². The van der Waals surface area contributed by atoms with E-state index in [1.54, 1.807) is 66.7 Å². The Morgan fingerprint density at radius 1 is 0.912 bits per heavy atom. The summed E-state index contributed by atoms with van der Waals surface area (Å²) >= 11 is 0. The highest BCUT2D eigenvalue weighted by Gasteiger charge is 2.55. The van der Waals surface area contributed by atoms with Crippen molar-refractivity contribution in [3.8, 4) is 0 Å². The summed E-state index contributed by atoms with van der Waals surface area (Å²) in [5.74, 6) is -4.96. The average molecular weight is 457 g/mol. The molecule has 3 aromatic carbocycles. The first-order chi connectivity index (χ1) is 16.2. The molecule has 0 bridgehead atoms. The summed E-state index contributed by atoms with van der Waals surface area (Å²) in [7, 11) is 0. The zero-order valence-electron chi connectivity index (χ0n) is 18.5. The van der Waals surface area contributed by atoms with Gasteiger partial charge in [0, 0.05) is 35.6 Å². The number of aliphatic hydroxyl groups is 1. The largest absolute Gasteiger partial charge is 0.389 e. The Morgan fingerprint density at radius 2 is 1.47 bits per heavy atom. The molecule has 0 aliphatic heterocycles. The quantitative estimate of drug-likeness (QED) is 0.254. The lowest BCUT2D eigenvalue weighted by Gasteiger charge is -2.44. The van der Waals surface area contributed by atoms with E-state index in [9.17, 15) is 29.6 Å². The van der Waals surface area contributed by atoms with Gasteiger partial charge in [0.15, 0.2) is 11.6 Å². The van der Waals surface area contributed by atoms with E-state index in [1.807, 2.05) is 0 Å². The maximum atomic E-state index is 13.7. The Bertz CT molecular complexity index is 1250. The van der Waals surface area contributed by atoms with E-state index in [1.165, 1.54) is 25.1 Å². The third kappa shape index (κ3) is 4.30. The second kappa shape index (κ2) is 9.11.